The molecule has 1 saturated heterocycles. The lowest BCUT2D eigenvalue weighted by Gasteiger charge is -2.33. The van der Waals surface area contributed by atoms with Crippen LogP contribution in [0.1, 0.15) is 30.9 Å². The normalized spacial score (nSPS) is 19.7. The predicted octanol–water partition coefficient (Wildman–Crippen LogP) is 1.71. The number of nitrogens with zero attached hydrogens (tertiary/aromatic N) is 2. The molecule has 2 heterocycles. The Labute approximate surface area is 115 Å². The monoisotopic (exact) mass is 263 g/mol. The van der Waals surface area contributed by atoms with Gasteiger partial charge in [0.2, 0.25) is 0 Å². The minimum atomic E-state index is 0.286. The quantitative estimate of drug-likeness (QED) is 0.849. The topological polar surface area (TPSA) is 48.4 Å². The summed E-state index contributed by atoms with van der Waals surface area (Å²) in [6.45, 7) is 8.36. The number of nitrogens with one attached hydrogen (secondary N) is 1. The van der Waals surface area contributed by atoms with Gasteiger partial charge in [0.05, 0.1) is 0 Å². The zero-order valence-corrected chi connectivity index (χ0v) is 12.0. The molecule has 0 amide bonds. The lowest BCUT2D eigenvalue weighted by atomic mass is 9.98. The number of aliphatic hydroxyl groups is 1. The summed E-state index contributed by atoms with van der Waals surface area (Å²) in [5.41, 5.74) is 2.47. The molecule has 0 spiro atoms. The molecule has 2 N–H and O–H groups in total. The first-order chi connectivity index (χ1) is 9.24. The van der Waals surface area contributed by atoms with Crippen LogP contribution >= 0.6 is 0 Å². The van der Waals surface area contributed by atoms with Crippen LogP contribution in [0.2, 0.25) is 0 Å². The highest BCUT2D eigenvalue weighted by molar-refractivity contribution is 5.47. The highest BCUT2D eigenvalue weighted by Gasteiger charge is 2.21. The first kappa shape index (κ1) is 14.3. The molecule has 1 aliphatic rings. The SMILES string of the molecule is CCNCc1cnc(N2CCCC(CO)C2)c(C)c1. The van der Waals surface area contributed by atoms with Crippen molar-refractivity contribution in [1.82, 2.24) is 10.3 Å². The fourth-order valence-corrected chi connectivity index (χ4v) is 2.73. The summed E-state index contributed by atoms with van der Waals surface area (Å²) >= 11 is 0. The van der Waals surface area contributed by atoms with E-state index >= 15 is 0 Å². The van der Waals surface area contributed by atoms with E-state index in [1.807, 2.05) is 6.20 Å². The van der Waals surface area contributed by atoms with Gasteiger partial charge in [-0.3, -0.25) is 0 Å². The van der Waals surface area contributed by atoms with Crippen LogP contribution in [0.5, 0.6) is 0 Å². The van der Waals surface area contributed by atoms with E-state index in [1.54, 1.807) is 0 Å². The van der Waals surface area contributed by atoms with Gasteiger partial charge in [0.25, 0.3) is 0 Å². The number of aliphatic hydroxyl groups excluding tert-OH is 1. The number of hydrogen-bond acceptors (Lipinski definition) is 4. The van der Waals surface area contributed by atoms with Crippen LogP contribution in [0.3, 0.4) is 0 Å². The van der Waals surface area contributed by atoms with Crippen molar-refractivity contribution in [1.29, 1.82) is 0 Å². The van der Waals surface area contributed by atoms with E-state index < -0.39 is 0 Å². The maximum atomic E-state index is 9.31. The second-order valence-corrected chi connectivity index (χ2v) is 5.40. The van der Waals surface area contributed by atoms with Crippen molar-refractivity contribution < 1.29 is 5.11 Å². The minimum absolute atomic E-state index is 0.286. The Morgan fingerprint density at radius 1 is 1.53 bits per heavy atom. The molecule has 0 saturated carbocycles. The number of anilines is 1. The van der Waals surface area contributed by atoms with E-state index in [0.29, 0.717) is 5.92 Å². The molecule has 4 heteroatoms. The molecule has 1 aliphatic heterocycles. The van der Waals surface area contributed by atoms with E-state index in [1.165, 1.54) is 11.1 Å². The van der Waals surface area contributed by atoms with E-state index in [-0.39, 0.29) is 6.61 Å². The summed E-state index contributed by atoms with van der Waals surface area (Å²) in [5.74, 6) is 1.48. The van der Waals surface area contributed by atoms with Crippen molar-refractivity contribution >= 4 is 5.82 Å². The molecule has 106 valence electrons. The van der Waals surface area contributed by atoms with Gasteiger partial charge in [-0.15, -0.1) is 0 Å². The molecule has 4 nitrogen and oxygen atoms in total. The molecular formula is C15H25N3O. The number of aryl methyl sites for hydroxylation is 1. The lowest BCUT2D eigenvalue weighted by Crippen LogP contribution is -2.37. The number of hydrogen-bond donors (Lipinski definition) is 2. The number of piperidine rings is 1. The predicted molar refractivity (Wildman–Crippen MR) is 78.4 cm³/mol. The second-order valence-electron chi connectivity index (χ2n) is 5.40. The van der Waals surface area contributed by atoms with Crippen molar-refractivity contribution in [2.24, 2.45) is 5.92 Å². The molecule has 0 aliphatic carbocycles. The average Bonchev–Trinajstić information content (AvgIpc) is 2.45. The van der Waals surface area contributed by atoms with E-state index in [9.17, 15) is 5.11 Å². The van der Waals surface area contributed by atoms with Gasteiger partial charge < -0.3 is 15.3 Å². The van der Waals surface area contributed by atoms with E-state index in [4.69, 9.17) is 0 Å². The largest absolute Gasteiger partial charge is 0.396 e. The first-order valence-electron chi connectivity index (χ1n) is 7.26. The van der Waals surface area contributed by atoms with Gasteiger partial charge in [-0.25, -0.2) is 4.98 Å². The van der Waals surface area contributed by atoms with Gasteiger partial charge in [0, 0.05) is 32.4 Å². The standard InChI is InChI=1S/C15H25N3O/c1-3-16-8-14-7-12(2)15(17-9-14)18-6-4-5-13(10-18)11-19/h7,9,13,16,19H,3-6,8,10-11H2,1-2H3. The third kappa shape index (κ3) is 3.67. The van der Waals surface area contributed by atoms with Crippen LogP contribution < -0.4 is 10.2 Å². The Hall–Kier alpha value is -1.13. The third-order valence-electron chi connectivity index (χ3n) is 3.76. The van der Waals surface area contributed by atoms with Gasteiger partial charge in [-0.2, -0.15) is 0 Å². The molecule has 0 radical (unpaired) electrons. The number of pyridine rings is 1. The molecule has 1 fully saturated rings. The van der Waals surface area contributed by atoms with Crippen molar-refractivity contribution in [3.8, 4) is 0 Å². The maximum Gasteiger partial charge on any atom is 0.131 e. The van der Waals surface area contributed by atoms with Crippen molar-refractivity contribution in [3.63, 3.8) is 0 Å². The zero-order valence-electron chi connectivity index (χ0n) is 12.0. The molecule has 0 aromatic carbocycles. The smallest absolute Gasteiger partial charge is 0.131 e. The highest BCUT2D eigenvalue weighted by atomic mass is 16.3. The molecule has 0 bridgehead atoms. The molecule has 1 aromatic heterocycles. The third-order valence-corrected chi connectivity index (χ3v) is 3.76. The van der Waals surface area contributed by atoms with E-state index in [0.717, 1.165) is 44.8 Å². The van der Waals surface area contributed by atoms with Gasteiger partial charge >= 0.3 is 0 Å². The Kier molecular flexibility index (Phi) is 5.16. The highest BCUT2D eigenvalue weighted by Crippen LogP contribution is 2.24. The second kappa shape index (κ2) is 6.87. The van der Waals surface area contributed by atoms with Crippen LogP contribution in [-0.4, -0.2) is 36.3 Å². The summed E-state index contributed by atoms with van der Waals surface area (Å²) in [5, 5.41) is 12.6. The number of rotatable bonds is 5. The average molecular weight is 263 g/mol. The summed E-state index contributed by atoms with van der Waals surface area (Å²) in [6.07, 6.45) is 4.24. The van der Waals surface area contributed by atoms with Crippen molar-refractivity contribution in [3.05, 3.63) is 23.4 Å². The number of aromatic nitrogens is 1. The van der Waals surface area contributed by atoms with Gasteiger partial charge in [0.1, 0.15) is 5.82 Å². The van der Waals surface area contributed by atoms with Crippen LogP contribution in [0.25, 0.3) is 0 Å². The molecule has 19 heavy (non-hydrogen) atoms. The molecule has 1 aromatic rings. The fourth-order valence-electron chi connectivity index (χ4n) is 2.73. The van der Waals surface area contributed by atoms with Crippen LogP contribution in [0, 0.1) is 12.8 Å². The summed E-state index contributed by atoms with van der Waals surface area (Å²) in [4.78, 5) is 6.94. The summed E-state index contributed by atoms with van der Waals surface area (Å²) < 4.78 is 0. The molecule has 1 atom stereocenters. The zero-order chi connectivity index (χ0) is 13.7. The Morgan fingerprint density at radius 3 is 3.05 bits per heavy atom. The Morgan fingerprint density at radius 2 is 2.37 bits per heavy atom. The van der Waals surface area contributed by atoms with Gasteiger partial charge in [-0.1, -0.05) is 6.92 Å². The lowest BCUT2D eigenvalue weighted by molar-refractivity contribution is 0.208. The maximum absolute atomic E-state index is 9.31. The van der Waals surface area contributed by atoms with Crippen LogP contribution in [0.15, 0.2) is 12.3 Å². The Balaban J connectivity index is 2.07. The molecule has 2 rings (SSSR count). The van der Waals surface area contributed by atoms with E-state index in [2.05, 4.69) is 35.1 Å². The van der Waals surface area contributed by atoms with Gasteiger partial charge in [-0.05, 0) is 49.4 Å². The summed E-state index contributed by atoms with van der Waals surface area (Å²) in [7, 11) is 0. The molecular weight excluding hydrogens is 238 g/mol. The van der Waals surface area contributed by atoms with Crippen molar-refractivity contribution in [2.75, 3.05) is 31.1 Å². The van der Waals surface area contributed by atoms with Gasteiger partial charge in [0.15, 0.2) is 0 Å². The fraction of sp³-hybridized carbons (Fsp3) is 0.667. The van der Waals surface area contributed by atoms with Crippen LogP contribution in [-0.2, 0) is 6.54 Å². The molecule has 1 unspecified atom stereocenters. The van der Waals surface area contributed by atoms with Crippen LogP contribution in [0.4, 0.5) is 5.82 Å². The minimum Gasteiger partial charge on any atom is -0.396 e. The summed E-state index contributed by atoms with van der Waals surface area (Å²) in [6, 6.07) is 2.22. The van der Waals surface area contributed by atoms with Crippen molar-refractivity contribution in [2.45, 2.75) is 33.2 Å². The Bertz CT molecular complexity index is 408. The first-order valence-corrected chi connectivity index (χ1v) is 7.26.